The summed E-state index contributed by atoms with van der Waals surface area (Å²) in [5.74, 6) is 0.882. The number of nitrogens with zero attached hydrogens (tertiary/aromatic N) is 2. The third-order valence-electron chi connectivity index (χ3n) is 2.92. The summed E-state index contributed by atoms with van der Waals surface area (Å²) in [5, 5.41) is 4.18. The lowest BCUT2D eigenvalue weighted by atomic mass is 10.3. The summed E-state index contributed by atoms with van der Waals surface area (Å²) in [5.41, 5.74) is 2.92. The summed E-state index contributed by atoms with van der Waals surface area (Å²) in [6, 6.07) is 9.87. The number of hydrogen-bond acceptors (Lipinski definition) is 5. The van der Waals surface area contributed by atoms with E-state index in [1.165, 1.54) is 0 Å². The Morgan fingerprint density at radius 1 is 1.30 bits per heavy atom. The van der Waals surface area contributed by atoms with E-state index in [4.69, 9.17) is 4.74 Å². The van der Waals surface area contributed by atoms with Gasteiger partial charge in [-0.05, 0) is 44.2 Å². The molecule has 0 aliphatic heterocycles. The van der Waals surface area contributed by atoms with Gasteiger partial charge in [-0.3, -0.25) is 4.98 Å². The van der Waals surface area contributed by atoms with E-state index in [1.807, 2.05) is 44.2 Å². The smallest absolute Gasteiger partial charge is 0.188 e. The Hall–Kier alpha value is -2.14. The third kappa shape index (κ3) is 2.58. The van der Waals surface area contributed by atoms with Crippen LogP contribution in [0.3, 0.4) is 0 Å². The number of aromatic nitrogens is 2. The second-order valence-corrected chi connectivity index (χ2v) is 5.37. The Bertz CT molecular complexity index is 739. The number of anilines is 2. The zero-order valence-electron chi connectivity index (χ0n) is 11.4. The lowest BCUT2D eigenvalue weighted by molar-refractivity contribution is 0.341. The molecule has 0 aliphatic carbocycles. The second kappa shape index (κ2) is 5.46. The maximum absolute atomic E-state index is 5.51. The van der Waals surface area contributed by atoms with Crippen molar-refractivity contribution in [3.05, 3.63) is 42.2 Å². The molecule has 0 spiro atoms. The SMILES string of the molecule is CCOc1ccc2nc(Nc3cccnc3C)sc2c1. The van der Waals surface area contributed by atoms with Crippen molar-refractivity contribution < 1.29 is 4.74 Å². The van der Waals surface area contributed by atoms with Crippen LogP contribution in [0, 0.1) is 6.92 Å². The van der Waals surface area contributed by atoms with Crippen LogP contribution in [0.25, 0.3) is 10.2 Å². The van der Waals surface area contributed by atoms with Crippen LogP contribution in [0.2, 0.25) is 0 Å². The number of ether oxygens (including phenoxy) is 1. The normalized spacial score (nSPS) is 10.7. The van der Waals surface area contributed by atoms with Gasteiger partial charge in [0, 0.05) is 6.20 Å². The Labute approximate surface area is 121 Å². The molecule has 20 heavy (non-hydrogen) atoms. The van der Waals surface area contributed by atoms with Gasteiger partial charge in [0.2, 0.25) is 0 Å². The first-order valence-corrected chi connectivity index (χ1v) is 7.30. The van der Waals surface area contributed by atoms with Crippen LogP contribution in [0.4, 0.5) is 10.8 Å². The van der Waals surface area contributed by atoms with Crippen LogP contribution < -0.4 is 10.1 Å². The molecule has 2 aromatic heterocycles. The molecule has 0 bridgehead atoms. The van der Waals surface area contributed by atoms with E-state index in [9.17, 15) is 0 Å². The third-order valence-corrected chi connectivity index (χ3v) is 3.85. The van der Waals surface area contributed by atoms with Crippen molar-refractivity contribution in [2.24, 2.45) is 0 Å². The highest BCUT2D eigenvalue weighted by Crippen LogP contribution is 2.31. The Balaban J connectivity index is 1.91. The Kier molecular flexibility index (Phi) is 3.52. The van der Waals surface area contributed by atoms with Gasteiger partial charge in [0.1, 0.15) is 5.75 Å². The number of nitrogens with one attached hydrogen (secondary N) is 1. The van der Waals surface area contributed by atoms with Crippen molar-refractivity contribution in [1.29, 1.82) is 0 Å². The van der Waals surface area contributed by atoms with Crippen LogP contribution in [0.5, 0.6) is 5.75 Å². The molecule has 3 rings (SSSR count). The van der Waals surface area contributed by atoms with Gasteiger partial charge in [0.25, 0.3) is 0 Å². The molecule has 1 aromatic carbocycles. The number of fused-ring (bicyclic) bond motifs is 1. The van der Waals surface area contributed by atoms with Crippen molar-refractivity contribution in [1.82, 2.24) is 9.97 Å². The first kappa shape index (κ1) is 12.9. The van der Waals surface area contributed by atoms with Crippen molar-refractivity contribution >= 4 is 32.4 Å². The average Bonchev–Trinajstić information content (AvgIpc) is 2.83. The summed E-state index contributed by atoms with van der Waals surface area (Å²) in [7, 11) is 0. The Morgan fingerprint density at radius 2 is 2.20 bits per heavy atom. The van der Waals surface area contributed by atoms with E-state index in [1.54, 1.807) is 17.5 Å². The predicted molar refractivity (Wildman–Crippen MR) is 83.0 cm³/mol. The first-order valence-electron chi connectivity index (χ1n) is 6.48. The van der Waals surface area contributed by atoms with Crippen LogP contribution in [-0.2, 0) is 0 Å². The minimum atomic E-state index is 0.671. The van der Waals surface area contributed by atoms with Gasteiger partial charge in [0.05, 0.1) is 28.2 Å². The van der Waals surface area contributed by atoms with Crippen LogP contribution >= 0.6 is 11.3 Å². The number of hydrogen-bond donors (Lipinski definition) is 1. The van der Waals surface area contributed by atoms with E-state index in [0.29, 0.717) is 6.61 Å². The zero-order valence-corrected chi connectivity index (χ0v) is 12.2. The molecular formula is C15H15N3OS. The van der Waals surface area contributed by atoms with Gasteiger partial charge in [0.15, 0.2) is 5.13 Å². The standard InChI is InChI=1S/C15H15N3OS/c1-3-19-11-6-7-13-14(9-11)20-15(18-13)17-12-5-4-8-16-10(12)2/h4-9H,3H2,1-2H3,(H,17,18). The Morgan fingerprint density at radius 3 is 3.00 bits per heavy atom. The number of rotatable bonds is 4. The molecule has 0 aliphatic rings. The highest BCUT2D eigenvalue weighted by molar-refractivity contribution is 7.22. The first-order chi connectivity index (χ1) is 9.76. The predicted octanol–water partition coefficient (Wildman–Crippen LogP) is 4.14. The van der Waals surface area contributed by atoms with E-state index in [0.717, 1.165) is 32.5 Å². The van der Waals surface area contributed by atoms with E-state index in [-0.39, 0.29) is 0 Å². The minimum Gasteiger partial charge on any atom is -0.494 e. The average molecular weight is 285 g/mol. The van der Waals surface area contributed by atoms with Crippen molar-refractivity contribution in [3.8, 4) is 5.75 Å². The fraction of sp³-hybridized carbons (Fsp3) is 0.200. The summed E-state index contributed by atoms with van der Waals surface area (Å²) in [4.78, 5) is 8.84. The summed E-state index contributed by atoms with van der Waals surface area (Å²) in [6.45, 7) is 4.63. The van der Waals surface area contributed by atoms with Crippen molar-refractivity contribution in [3.63, 3.8) is 0 Å². The topological polar surface area (TPSA) is 47.0 Å². The summed E-state index contributed by atoms with van der Waals surface area (Å²) < 4.78 is 6.62. The second-order valence-electron chi connectivity index (χ2n) is 4.34. The molecule has 0 amide bonds. The molecule has 0 unspecified atom stereocenters. The van der Waals surface area contributed by atoms with E-state index < -0.39 is 0 Å². The van der Waals surface area contributed by atoms with Gasteiger partial charge in [-0.25, -0.2) is 4.98 Å². The molecular weight excluding hydrogens is 270 g/mol. The fourth-order valence-electron chi connectivity index (χ4n) is 1.95. The van der Waals surface area contributed by atoms with E-state index >= 15 is 0 Å². The van der Waals surface area contributed by atoms with Gasteiger partial charge < -0.3 is 10.1 Å². The molecule has 0 radical (unpaired) electrons. The van der Waals surface area contributed by atoms with Gasteiger partial charge in [-0.2, -0.15) is 0 Å². The summed E-state index contributed by atoms with van der Waals surface area (Å²) >= 11 is 1.61. The molecule has 0 saturated heterocycles. The maximum Gasteiger partial charge on any atom is 0.188 e. The van der Waals surface area contributed by atoms with Crippen molar-refractivity contribution in [2.75, 3.05) is 11.9 Å². The molecule has 2 heterocycles. The molecule has 3 aromatic rings. The number of aryl methyl sites for hydroxylation is 1. The van der Waals surface area contributed by atoms with Gasteiger partial charge in [-0.15, -0.1) is 0 Å². The molecule has 0 atom stereocenters. The highest BCUT2D eigenvalue weighted by Gasteiger charge is 2.06. The number of benzene rings is 1. The molecule has 1 N–H and O–H groups in total. The lowest BCUT2D eigenvalue weighted by Gasteiger charge is -2.04. The van der Waals surface area contributed by atoms with Crippen LogP contribution in [0.15, 0.2) is 36.5 Å². The largest absolute Gasteiger partial charge is 0.494 e. The highest BCUT2D eigenvalue weighted by atomic mass is 32.1. The molecule has 102 valence electrons. The maximum atomic E-state index is 5.51. The number of pyridine rings is 1. The van der Waals surface area contributed by atoms with Crippen LogP contribution in [-0.4, -0.2) is 16.6 Å². The fourth-order valence-corrected chi connectivity index (χ4v) is 2.85. The summed E-state index contributed by atoms with van der Waals surface area (Å²) in [6.07, 6.45) is 1.78. The monoisotopic (exact) mass is 285 g/mol. The van der Waals surface area contributed by atoms with Crippen molar-refractivity contribution in [2.45, 2.75) is 13.8 Å². The minimum absolute atomic E-state index is 0.671. The molecule has 0 saturated carbocycles. The quantitative estimate of drug-likeness (QED) is 0.782. The van der Waals surface area contributed by atoms with E-state index in [2.05, 4.69) is 15.3 Å². The van der Waals surface area contributed by atoms with Gasteiger partial charge in [-0.1, -0.05) is 11.3 Å². The zero-order chi connectivity index (χ0) is 13.9. The molecule has 0 fully saturated rings. The number of thiazole rings is 1. The van der Waals surface area contributed by atoms with Crippen LogP contribution in [0.1, 0.15) is 12.6 Å². The lowest BCUT2D eigenvalue weighted by Crippen LogP contribution is -1.93. The molecule has 5 heteroatoms. The molecule has 4 nitrogen and oxygen atoms in total. The van der Waals surface area contributed by atoms with Gasteiger partial charge >= 0.3 is 0 Å².